The summed E-state index contributed by atoms with van der Waals surface area (Å²) < 4.78 is 0. The van der Waals surface area contributed by atoms with E-state index in [1.54, 1.807) is 0 Å². The number of aliphatic hydroxyl groups excluding tert-OH is 2. The van der Waals surface area contributed by atoms with Gasteiger partial charge in [0.2, 0.25) is 0 Å². The van der Waals surface area contributed by atoms with Crippen molar-refractivity contribution in [2.45, 2.75) is 52.1 Å². The quantitative estimate of drug-likeness (QED) is 0.555. The molecule has 0 radical (unpaired) electrons. The standard InChI is InChI=1S/C12H22O4/c1-3-4-5-11(14)8-10(6-7-13)9(2)12(15)16/h11,13-14H,3-8H2,1-2H3,(H,15,16). The van der Waals surface area contributed by atoms with Crippen molar-refractivity contribution in [3.05, 3.63) is 11.1 Å². The molecule has 0 spiro atoms. The number of unbranched alkanes of at least 4 members (excludes halogenated alkanes) is 1. The molecule has 0 fully saturated rings. The van der Waals surface area contributed by atoms with E-state index in [1.807, 2.05) is 6.92 Å². The van der Waals surface area contributed by atoms with Gasteiger partial charge in [0.15, 0.2) is 0 Å². The molecule has 0 amide bonds. The normalized spacial score (nSPS) is 14.5. The van der Waals surface area contributed by atoms with E-state index < -0.39 is 12.1 Å². The second-order valence-corrected chi connectivity index (χ2v) is 4.01. The summed E-state index contributed by atoms with van der Waals surface area (Å²) in [6, 6.07) is 0. The van der Waals surface area contributed by atoms with E-state index in [-0.39, 0.29) is 12.2 Å². The molecule has 94 valence electrons. The molecule has 3 N–H and O–H groups in total. The Morgan fingerprint density at radius 3 is 2.44 bits per heavy atom. The average Bonchev–Trinajstić information content (AvgIpc) is 2.24. The van der Waals surface area contributed by atoms with Gasteiger partial charge in [-0.3, -0.25) is 0 Å². The fourth-order valence-electron chi connectivity index (χ4n) is 1.56. The molecule has 0 rings (SSSR count). The van der Waals surface area contributed by atoms with Gasteiger partial charge in [-0.1, -0.05) is 25.3 Å². The monoisotopic (exact) mass is 230 g/mol. The highest BCUT2D eigenvalue weighted by Crippen LogP contribution is 2.18. The van der Waals surface area contributed by atoms with Crippen molar-refractivity contribution in [3.63, 3.8) is 0 Å². The molecule has 0 bridgehead atoms. The number of aliphatic hydroxyl groups is 2. The Morgan fingerprint density at radius 2 is 2.00 bits per heavy atom. The van der Waals surface area contributed by atoms with Crippen LogP contribution in [0.15, 0.2) is 11.1 Å². The summed E-state index contributed by atoms with van der Waals surface area (Å²) in [5, 5.41) is 27.4. The molecule has 0 aliphatic rings. The molecule has 0 saturated carbocycles. The fourth-order valence-corrected chi connectivity index (χ4v) is 1.56. The second-order valence-electron chi connectivity index (χ2n) is 4.01. The van der Waals surface area contributed by atoms with Crippen molar-refractivity contribution >= 4 is 5.97 Å². The van der Waals surface area contributed by atoms with Crippen LogP contribution in [0.2, 0.25) is 0 Å². The average molecular weight is 230 g/mol. The van der Waals surface area contributed by atoms with Crippen molar-refractivity contribution < 1.29 is 20.1 Å². The molecular weight excluding hydrogens is 208 g/mol. The summed E-state index contributed by atoms with van der Waals surface area (Å²) in [7, 11) is 0. The van der Waals surface area contributed by atoms with E-state index in [0.717, 1.165) is 12.8 Å². The first kappa shape index (κ1) is 15.1. The van der Waals surface area contributed by atoms with E-state index in [0.29, 0.717) is 24.8 Å². The molecule has 0 heterocycles. The molecule has 16 heavy (non-hydrogen) atoms. The summed E-state index contributed by atoms with van der Waals surface area (Å²) in [5.41, 5.74) is 0.878. The van der Waals surface area contributed by atoms with Crippen molar-refractivity contribution in [1.29, 1.82) is 0 Å². The number of aliphatic carboxylic acids is 1. The Kier molecular flexibility index (Phi) is 7.85. The third kappa shape index (κ3) is 5.88. The maximum Gasteiger partial charge on any atom is 0.331 e. The van der Waals surface area contributed by atoms with Gasteiger partial charge >= 0.3 is 5.97 Å². The van der Waals surface area contributed by atoms with Crippen LogP contribution >= 0.6 is 0 Å². The molecule has 0 aromatic heterocycles. The van der Waals surface area contributed by atoms with Gasteiger partial charge in [-0.05, 0) is 26.2 Å². The molecule has 0 aromatic carbocycles. The lowest BCUT2D eigenvalue weighted by molar-refractivity contribution is -0.132. The minimum atomic E-state index is -0.980. The molecular formula is C12H22O4. The number of hydrogen-bond acceptors (Lipinski definition) is 3. The van der Waals surface area contributed by atoms with Crippen molar-refractivity contribution in [2.75, 3.05) is 6.61 Å². The first-order valence-electron chi connectivity index (χ1n) is 5.73. The van der Waals surface area contributed by atoms with E-state index in [9.17, 15) is 9.90 Å². The molecule has 4 nitrogen and oxygen atoms in total. The predicted molar refractivity (Wildman–Crippen MR) is 62.2 cm³/mol. The third-order valence-corrected chi connectivity index (χ3v) is 2.64. The fraction of sp³-hybridized carbons (Fsp3) is 0.750. The number of carboxylic acid groups (broad SMARTS) is 1. The zero-order valence-electron chi connectivity index (χ0n) is 10.1. The van der Waals surface area contributed by atoms with E-state index in [1.165, 1.54) is 6.92 Å². The van der Waals surface area contributed by atoms with E-state index in [4.69, 9.17) is 10.2 Å². The topological polar surface area (TPSA) is 77.8 Å². The Labute approximate surface area is 96.6 Å². The predicted octanol–water partition coefficient (Wildman–Crippen LogP) is 1.71. The van der Waals surface area contributed by atoms with Crippen molar-refractivity contribution in [1.82, 2.24) is 0 Å². The molecule has 1 unspecified atom stereocenters. The number of carbonyl (C=O) groups is 1. The summed E-state index contributed by atoms with van der Waals surface area (Å²) in [4.78, 5) is 10.8. The van der Waals surface area contributed by atoms with E-state index >= 15 is 0 Å². The Morgan fingerprint density at radius 1 is 1.38 bits per heavy atom. The number of carboxylic acids is 1. The van der Waals surface area contributed by atoms with Crippen LogP contribution < -0.4 is 0 Å². The van der Waals surface area contributed by atoms with Gasteiger partial charge in [0.05, 0.1) is 6.10 Å². The van der Waals surface area contributed by atoms with Crippen LogP contribution in [0.3, 0.4) is 0 Å². The molecule has 1 atom stereocenters. The molecule has 0 aliphatic carbocycles. The Bertz CT molecular complexity index is 245. The van der Waals surface area contributed by atoms with Gasteiger partial charge in [0.25, 0.3) is 0 Å². The van der Waals surface area contributed by atoms with Crippen molar-refractivity contribution in [2.24, 2.45) is 0 Å². The zero-order chi connectivity index (χ0) is 12.6. The Hall–Kier alpha value is -0.870. The minimum Gasteiger partial charge on any atom is -0.478 e. The van der Waals surface area contributed by atoms with Crippen LogP contribution in [0.25, 0.3) is 0 Å². The van der Waals surface area contributed by atoms with Crippen LogP contribution in [0.5, 0.6) is 0 Å². The molecule has 0 aromatic rings. The van der Waals surface area contributed by atoms with Gasteiger partial charge in [-0.15, -0.1) is 0 Å². The second kappa shape index (κ2) is 8.30. The molecule has 0 saturated heterocycles. The van der Waals surface area contributed by atoms with Crippen LogP contribution in [0, 0.1) is 0 Å². The van der Waals surface area contributed by atoms with Crippen LogP contribution in [0.1, 0.15) is 46.0 Å². The minimum absolute atomic E-state index is 0.0829. The van der Waals surface area contributed by atoms with Crippen molar-refractivity contribution in [3.8, 4) is 0 Å². The third-order valence-electron chi connectivity index (χ3n) is 2.64. The highest BCUT2D eigenvalue weighted by Gasteiger charge is 2.13. The molecule has 4 heteroatoms. The van der Waals surface area contributed by atoms with Crippen LogP contribution in [-0.2, 0) is 4.79 Å². The van der Waals surface area contributed by atoms with E-state index in [2.05, 4.69) is 0 Å². The highest BCUT2D eigenvalue weighted by molar-refractivity contribution is 5.86. The maximum atomic E-state index is 10.8. The van der Waals surface area contributed by atoms with Gasteiger partial charge in [0, 0.05) is 12.2 Å². The number of hydrogen-bond donors (Lipinski definition) is 3. The molecule has 0 aliphatic heterocycles. The SMILES string of the molecule is CCCCC(O)CC(CCO)=C(C)C(=O)O. The first-order chi connectivity index (χ1) is 7.52. The van der Waals surface area contributed by atoms with Crippen LogP contribution in [0.4, 0.5) is 0 Å². The lowest BCUT2D eigenvalue weighted by atomic mass is 9.97. The van der Waals surface area contributed by atoms with Gasteiger partial charge < -0.3 is 15.3 Å². The highest BCUT2D eigenvalue weighted by atomic mass is 16.4. The summed E-state index contributed by atoms with van der Waals surface area (Å²) in [5.74, 6) is -0.980. The maximum absolute atomic E-state index is 10.8. The summed E-state index contributed by atoms with van der Waals surface area (Å²) >= 11 is 0. The lowest BCUT2D eigenvalue weighted by Crippen LogP contribution is -2.12. The number of rotatable bonds is 8. The van der Waals surface area contributed by atoms with Gasteiger partial charge in [-0.2, -0.15) is 0 Å². The van der Waals surface area contributed by atoms with Gasteiger partial charge in [-0.25, -0.2) is 4.79 Å². The Balaban J connectivity index is 4.44. The smallest absolute Gasteiger partial charge is 0.331 e. The lowest BCUT2D eigenvalue weighted by Gasteiger charge is -2.14. The first-order valence-corrected chi connectivity index (χ1v) is 5.73. The zero-order valence-corrected chi connectivity index (χ0v) is 10.1. The van der Waals surface area contributed by atoms with Crippen LogP contribution in [-0.4, -0.2) is 34.0 Å². The summed E-state index contributed by atoms with van der Waals surface area (Å²) in [6.07, 6.45) is 2.78. The largest absolute Gasteiger partial charge is 0.478 e. The van der Waals surface area contributed by atoms with Gasteiger partial charge in [0.1, 0.15) is 0 Å². The summed E-state index contributed by atoms with van der Waals surface area (Å²) in [6.45, 7) is 3.47.